The fourth-order valence-corrected chi connectivity index (χ4v) is 2.58. The zero-order valence-electron chi connectivity index (χ0n) is 13.1. The Morgan fingerprint density at radius 2 is 2.19 bits per heavy atom. The smallest absolute Gasteiger partial charge is 0.209 e. The Bertz CT molecular complexity index is 427. The third-order valence-corrected chi connectivity index (χ3v) is 3.83. The molecule has 1 heterocycles. The van der Waals surface area contributed by atoms with Crippen LogP contribution in [0, 0.1) is 0 Å². The van der Waals surface area contributed by atoms with Crippen molar-refractivity contribution in [2.45, 2.75) is 58.5 Å². The molecule has 0 fully saturated rings. The number of carbonyl (C=O) groups excluding carboxylic acids is 1. The van der Waals surface area contributed by atoms with E-state index in [1.54, 1.807) is 12.4 Å². The molecule has 0 saturated heterocycles. The lowest BCUT2D eigenvalue weighted by Gasteiger charge is -2.36. The molecule has 1 aliphatic heterocycles. The van der Waals surface area contributed by atoms with Crippen molar-refractivity contribution >= 4 is 11.8 Å². The number of carbonyl (C=O) groups is 1. The summed E-state index contributed by atoms with van der Waals surface area (Å²) in [5.41, 5.74) is 6.00. The first-order chi connectivity index (χ1) is 10.0. The molecule has 21 heavy (non-hydrogen) atoms. The van der Waals surface area contributed by atoms with Crippen molar-refractivity contribution in [2.24, 2.45) is 10.7 Å². The molecule has 118 valence electrons. The van der Waals surface area contributed by atoms with E-state index in [0.717, 1.165) is 44.4 Å². The predicted octanol–water partition coefficient (Wildman–Crippen LogP) is 1.66. The van der Waals surface area contributed by atoms with Crippen LogP contribution >= 0.6 is 0 Å². The van der Waals surface area contributed by atoms with E-state index in [-0.39, 0.29) is 17.2 Å². The largest absolute Gasteiger partial charge is 0.544 e. The van der Waals surface area contributed by atoms with E-state index in [0.29, 0.717) is 0 Å². The van der Waals surface area contributed by atoms with Crippen molar-refractivity contribution in [2.75, 3.05) is 6.54 Å². The van der Waals surface area contributed by atoms with E-state index in [4.69, 9.17) is 5.73 Å². The van der Waals surface area contributed by atoms with Gasteiger partial charge in [0.1, 0.15) is 18.9 Å². The minimum Gasteiger partial charge on any atom is -0.544 e. The van der Waals surface area contributed by atoms with Crippen LogP contribution in [0.15, 0.2) is 29.5 Å². The number of rotatable bonds is 10. The van der Waals surface area contributed by atoms with Crippen LogP contribution in [0.1, 0.15) is 52.4 Å². The molecule has 0 bridgehead atoms. The first-order valence-electron chi connectivity index (χ1n) is 7.75. The quantitative estimate of drug-likeness (QED) is 0.378. The lowest BCUT2D eigenvalue weighted by molar-refractivity contribution is -0.808. The van der Waals surface area contributed by atoms with Gasteiger partial charge in [-0.1, -0.05) is 25.5 Å². The number of aliphatic imine (C=N–C) groups is 1. The standard InChI is InChI=1S/C16H27N3O2/c1-3-4-5-6-7-8-9-10-15-18-11-12-19(15,14(2)17)13-16(20)21/h4-5,11-12,14H,3,6-10,13,17H2,1-2H3/b5-4+. The van der Waals surface area contributed by atoms with Gasteiger partial charge in [0, 0.05) is 13.3 Å². The van der Waals surface area contributed by atoms with Crippen molar-refractivity contribution in [3.63, 3.8) is 0 Å². The number of quaternary nitrogens is 1. The molecular formula is C16H27N3O2. The van der Waals surface area contributed by atoms with Crippen LogP contribution in [0.2, 0.25) is 0 Å². The maximum absolute atomic E-state index is 11.0. The van der Waals surface area contributed by atoms with Gasteiger partial charge in [0.05, 0.1) is 12.2 Å². The number of carboxylic acid groups (broad SMARTS) is 1. The second-order valence-electron chi connectivity index (χ2n) is 5.52. The van der Waals surface area contributed by atoms with E-state index in [9.17, 15) is 9.90 Å². The van der Waals surface area contributed by atoms with Crippen LogP contribution in [0.4, 0.5) is 0 Å². The van der Waals surface area contributed by atoms with Crippen LogP contribution in [0.3, 0.4) is 0 Å². The Balaban J connectivity index is 2.46. The molecule has 1 aliphatic rings. The zero-order chi connectivity index (χ0) is 15.7. The van der Waals surface area contributed by atoms with Crippen LogP contribution in [-0.4, -0.2) is 29.0 Å². The van der Waals surface area contributed by atoms with Gasteiger partial charge in [-0.15, -0.1) is 0 Å². The molecule has 0 spiro atoms. The number of allylic oxidation sites excluding steroid dienone is 2. The molecular weight excluding hydrogens is 266 g/mol. The third kappa shape index (κ3) is 5.10. The normalized spacial score (nSPS) is 22.7. The molecule has 0 aliphatic carbocycles. The number of nitrogens with two attached hydrogens (primary N) is 1. The summed E-state index contributed by atoms with van der Waals surface area (Å²) in [7, 11) is 0. The second-order valence-corrected chi connectivity index (χ2v) is 5.52. The van der Waals surface area contributed by atoms with Crippen LogP contribution in [0.25, 0.3) is 0 Å². The lowest BCUT2D eigenvalue weighted by atomic mass is 10.1. The zero-order valence-corrected chi connectivity index (χ0v) is 13.1. The first kappa shape index (κ1) is 17.6. The molecule has 0 aromatic rings. The number of nitrogens with zero attached hydrogens (tertiary/aromatic N) is 2. The predicted molar refractivity (Wildman–Crippen MR) is 82.9 cm³/mol. The number of hydrogen-bond acceptors (Lipinski definition) is 4. The van der Waals surface area contributed by atoms with Gasteiger partial charge in [-0.2, -0.15) is 0 Å². The third-order valence-electron chi connectivity index (χ3n) is 3.83. The van der Waals surface area contributed by atoms with Gasteiger partial charge in [0.25, 0.3) is 0 Å². The Labute approximate surface area is 127 Å². The van der Waals surface area contributed by atoms with E-state index >= 15 is 0 Å². The van der Waals surface area contributed by atoms with Crippen molar-refractivity contribution < 1.29 is 14.4 Å². The summed E-state index contributed by atoms with van der Waals surface area (Å²) in [4.78, 5) is 15.3. The molecule has 0 amide bonds. The van der Waals surface area contributed by atoms with Gasteiger partial charge in [-0.25, -0.2) is 9.48 Å². The molecule has 0 radical (unpaired) electrons. The molecule has 0 aromatic carbocycles. The molecule has 0 aromatic heterocycles. The Morgan fingerprint density at radius 1 is 1.43 bits per heavy atom. The Morgan fingerprint density at radius 3 is 2.81 bits per heavy atom. The summed E-state index contributed by atoms with van der Waals surface area (Å²) < 4.78 is 0.0953. The molecule has 5 nitrogen and oxygen atoms in total. The number of aliphatic carboxylic acids is 1. The Kier molecular flexibility index (Phi) is 7.32. The summed E-state index contributed by atoms with van der Waals surface area (Å²) in [5.74, 6) is -0.269. The maximum atomic E-state index is 11.0. The Hall–Kier alpha value is -1.46. The first-order valence-corrected chi connectivity index (χ1v) is 7.75. The van der Waals surface area contributed by atoms with Crippen molar-refractivity contribution in [1.82, 2.24) is 0 Å². The lowest BCUT2D eigenvalue weighted by Crippen LogP contribution is -2.60. The highest BCUT2D eigenvalue weighted by Gasteiger charge is 2.38. The van der Waals surface area contributed by atoms with E-state index < -0.39 is 5.97 Å². The highest BCUT2D eigenvalue weighted by Crippen LogP contribution is 2.23. The average Bonchev–Trinajstić information content (AvgIpc) is 2.81. The molecule has 0 saturated carbocycles. The van der Waals surface area contributed by atoms with Gasteiger partial charge in [0.2, 0.25) is 5.84 Å². The van der Waals surface area contributed by atoms with Crippen LogP contribution < -0.4 is 10.8 Å². The monoisotopic (exact) mass is 293 g/mol. The summed E-state index contributed by atoms with van der Waals surface area (Å²) >= 11 is 0. The van der Waals surface area contributed by atoms with Crippen molar-refractivity contribution in [1.29, 1.82) is 0 Å². The van der Waals surface area contributed by atoms with Gasteiger partial charge in [-0.05, 0) is 25.7 Å². The highest BCUT2D eigenvalue weighted by molar-refractivity contribution is 5.81. The minimum atomic E-state index is -1.10. The number of unbranched alkanes of at least 4 members (excludes halogenated alkanes) is 3. The van der Waals surface area contributed by atoms with Gasteiger partial charge in [0.15, 0.2) is 0 Å². The van der Waals surface area contributed by atoms with Crippen molar-refractivity contribution in [3.8, 4) is 0 Å². The summed E-state index contributed by atoms with van der Waals surface area (Å²) in [5, 5.41) is 11.0. The topological polar surface area (TPSA) is 78.5 Å². The van der Waals surface area contributed by atoms with Crippen LogP contribution in [-0.2, 0) is 4.79 Å². The van der Waals surface area contributed by atoms with Gasteiger partial charge < -0.3 is 9.90 Å². The molecule has 2 N–H and O–H groups in total. The number of carboxylic acids is 1. The minimum absolute atomic E-state index is 0.0953. The molecule has 1 rings (SSSR count). The molecule has 2 unspecified atom stereocenters. The molecule has 2 atom stereocenters. The number of hydrogen-bond donors (Lipinski definition) is 1. The maximum Gasteiger partial charge on any atom is 0.209 e. The highest BCUT2D eigenvalue weighted by atomic mass is 16.4. The second kappa shape index (κ2) is 8.74. The van der Waals surface area contributed by atoms with Crippen LogP contribution in [0.5, 0.6) is 0 Å². The van der Waals surface area contributed by atoms with E-state index in [2.05, 4.69) is 24.1 Å². The summed E-state index contributed by atoms with van der Waals surface area (Å²) in [6, 6.07) is 0. The number of amidine groups is 1. The van der Waals surface area contributed by atoms with Gasteiger partial charge >= 0.3 is 0 Å². The fraction of sp³-hybridized carbons (Fsp3) is 0.625. The SMILES string of the molecule is CC/C=C/CCCCCC1=NC=C[N+]1(CC(=O)[O-])C(C)N. The molecule has 5 heteroatoms. The van der Waals surface area contributed by atoms with Gasteiger partial charge in [-0.3, -0.25) is 5.73 Å². The summed E-state index contributed by atoms with van der Waals surface area (Å²) in [6.07, 6.45) is 13.7. The summed E-state index contributed by atoms with van der Waals surface area (Å²) in [6.45, 7) is 3.79. The van der Waals surface area contributed by atoms with E-state index in [1.807, 2.05) is 6.92 Å². The van der Waals surface area contributed by atoms with Crippen molar-refractivity contribution in [3.05, 3.63) is 24.6 Å². The van der Waals surface area contributed by atoms with E-state index in [1.165, 1.54) is 0 Å². The average molecular weight is 293 g/mol. The fourth-order valence-electron chi connectivity index (χ4n) is 2.58.